The number of hydrogen-bond acceptors (Lipinski definition) is 10. The molecular formula is C34H36N6O7. The number of H-pyrrole nitrogens is 1. The molecule has 2 aromatic heterocycles. The van der Waals surface area contributed by atoms with Gasteiger partial charge >= 0.3 is 0 Å². The fraction of sp³-hybridized carbons (Fsp3) is 0.294. The lowest BCUT2D eigenvalue weighted by Crippen LogP contribution is -2.36. The van der Waals surface area contributed by atoms with Crippen LogP contribution in [0.5, 0.6) is 11.5 Å². The van der Waals surface area contributed by atoms with Crippen molar-refractivity contribution < 1.29 is 29.2 Å². The molecule has 1 aliphatic heterocycles. The number of hydrogen-bond donors (Lipinski definition) is 3. The number of rotatable bonds is 11. The number of fused-ring (bicyclic) bond motifs is 1. The molecule has 3 heterocycles. The van der Waals surface area contributed by atoms with Gasteiger partial charge in [0.2, 0.25) is 5.95 Å². The van der Waals surface area contributed by atoms with Crippen LogP contribution in [0, 0.1) is 0 Å². The quantitative estimate of drug-likeness (QED) is 0.144. The Labute approximate surface area is 270 Å². The van der Waals surface area contributed by atoms with Crippen molar-refractivity contribution in [3.63, 3.8) is 0 Å². The second-order valence-corrected chi connectivity index (χ2v) is 11.3. The van der Waals surface area contributed by atoms with Crippen LogP contribution in [-0.4, -0.2) is 87.6 Å². The van der Waals surface area contributed by atoms with Gasteiger partial charge in [-0.1, -0.05) is 54.6 Å². The molecule has 0 spiro atoms. The van der Waals surface area contributed by atoms with E-state index in [2.05, 4.69) is 19.9 Å². The number of nitrogens with one attached hydrogen (secondary N) is 1. The van der Waals surface area contributed by atoms with Crippen LogP contribution in [-0.2, 0) is 9.47 Å². The highest BCUT2D eigenvalue weighted by Crippen LogP contribution is 2.42. The third-order valence-electron chi connectivity index (χ3n) is 7.93. The van der Waals surface area contributed by atoms with Crippen LogP contribution in [0.25, 0.3) is 11.2 Å². The van der Waals surface area contributed by atoms with E-state index < -0.39 is 42.3 Å². The van der Waals surface area contributed by atoms with Gasteiger partial charge in [-0.15, -0.1) is 0 Å². The SMILES string of the molecule is COc1ccc(C(OC(c2ccccc2)C2OC(n3cnc4c(=O)[nH]c(N=CN(C)C)nc43)C(O)C2O)c2ccc(OC)cc2)cc1. The van der Waals surface area contributed by atoms with Crippen molar-refractivity contribution in [1.82, 2.24) is 24.4 Å². The molecule has 1 saturated heterocycles. The number of imidazole rings is 1. The van der Waals surface area contributed by atoms with Gasteiger partial charge in [-0.05, 0) is 41.0 Å². The number of aliphatic hydroxyl groups excluding tert-OH is 2. The maximum absolute atomic E-state index is 12.8. The van der Waals surface area contributed by atoms with Crippen molar-refractivity contribution in [2.75, 3.05) is 28.3 Å². The fourth-order valence-corrected chi connectivity index (χ4v) is 5.54. The van der Waals surface area contributed by atoms with Gasteiger partial charge in [-0.25, -0.2) is 9.98 Å². The van der Waals surface area contributed by atoms with Crippen LogP contribution in [0.4, 0.5) is 5.95 Å². The summed E-state index contributed by atoms with van der Waals surface area (Å²) in [5.41, 5.74) is 2.06. The Morgan fingerprint density at radius 1 is 0.915 bits per heavy atom. The van der Waals surface area contributed by atoms with E-state index in [1.54, 1.807) is 33.2 Å². The molecule has 3 aromatic carbocycles. The van der Waals surface area contributed by atoms with Crippen LogP contribution >= 0.6 is 0 Å². The average molecular weight is 641 g/mol. The van der Waals surface area contributed by atoms with Gasteiger partial charge in [-0.2, -0.15) is 4.98 Å². The molecule has 5 unspecified atom stereocenters. The van der Waals surface area contributed by atoms with E-state index in [1.807, 2.05) is 78.9 Å². The second kappa shape index (κ2) is 13.7. The van der Waals surface area contributed by atoms with E-state index >= 15 is 0 Å². The van der Waals surface area contributed by atoms with Gasteiger partial charge in [0.05, 0.1) is 26.9 Å². The lowest BCUT2D eigenvalue weighted by atomic mass is 9.96. The first-order chi connectivity index (χ1) is 22.8. The molecule has 47 heavy (non-hydrogen) atoms. The summed E-state index contributed by atoms with van der Waals surface area (Å²) in [7, 11) is 6.78. The average Bonchev–Trinajstić information content (AvgIpc) is 3.65. The summed E-state index contributed by atoms with van der Waals surface area (Å²) in [5, 5.41) is 22.9. The molecule has 0 aliphatic carbocycles. The van der Waals surface area contributed by atoms with Crippen LogP contribution in [0.15, 0.2) is 95.0 Å². The number of benzene rings is 3. The topological polar surface area (TPSA) is 157 Å². The Hall–Kier alpha value is -5.08. The predicted molar refractivity (Wildman–Crippen MR) is 174 cm³/mol. The third-order valence-corrected chi connectivity index (χ3v) is 7.93. The highest BCUT2D eigenvalue weighted by Gasteiger charge is 2.49. The Morgan fingerprint density at radius 3 is 2.11 bits per heavy atom. The van der Waals surface area contributed by atoms with Gasteiger partial charge in [0.1, 0.15) is 42.0 Å². The first-order valence-corrected chi connectivity index (χ1v) is 14.9. The van der Waals surface area contributed by atoms with Gasteiger partial charge < -0.3 is 34.1 Å². The van der Waals surface area contributed by atoms with Crippen LogP contribution < -0.4 is 15.0 Å². The number of nitrogens with zero attached hydrogens (tertiary/aromatic N) is 5. The maximum atomic E-state index is 12.8. The molecule has 13 nitrogen and oxygen atoms in total. The molecule has 13 heteroatoms. The molecule has 3 N–H and O–H groups in total. The van der Waals surface area contributed by atoms with Crippen LogP contribution in [0.2, 0.25) is 0 Å². The van der Waals surface area contributed by atoms with Gasteiger partial charge in [-0.3, -0.25) is 14.3 Å². The molecule has 5 aromatic rings. The Bertz CT molecular complexity index is 1830. The Morgan fingerprint density at radius 2 is 1.53 bits per heavy atom. The van der Waals surface area contributed by atoms with Crippen LogP contribution in [0.3, 0.4) is 0 Å². The first-order valence-electron chi connectivity index (χ1n) is 14.9. The molecule has 0 bridgehead atoms. The Balaban J connectivity index is 1.39. The summed E-state index contributed by atoms with van der Waals surface area (Å²) >= 11 is 0. The minimum atomic E-state index is -1.41. The van der Waals surface area contributed by atoms with E-state index in [-0.39, 0.29) is 17.1 Å². The highest BCUT2D eigenvalue weighted by atomic mass is 16.6. The molecule has 0 radical (unpaired) electrons. The van der Waals surface area contributed by atoms with Gasteiger partial charge in [0.25, 0.3) is 5.56 Å². The van der Waals surface area contributed by atoms with E-state index in [4.69, 9.17) is 18.9 Å². The molecule has 6 rings (SSSR count). The number of aliphatic imine (C=N–C) groups is 1. The van der Waals surface area contributed by atoms with E-state index in [0.29, 0.717) is 11.5 Å². The second-order valence-electron chi connectivity index (χ2n) is 11.3. The molecule has 5 atom stereocenters. The van der Waals surface area contributed by atoms with Gasteiger partial charge in [0.15, 0.2) is 17.4 Å². The molecule has 1 fully saturated rings. The third kappa shape index (κ3) is 6.60. The summed E-state index contributed by atoms with van der Waals surface area (Å²) < 4.78 is 25.5. The van der Waals surface area contributed by atoms with Crippen LogP contribution in [0.1, 0.15) is 35.1 Å². The molecule has 1 aliphatic rings. The van der Waals surface area contributed by atoms with Crippen molar-refractivity contribution in [1.29, 1.82) is 0 Å². The summed E-state index contributed by atoms with van der Waals surface area (Å²) in [5.74, 6) is 1.44. The van der Waals surface area contributed by atoms with Crippen molar-refractivity contribution in [2.24, 2.45) is 4.99 Å². The van der Waals surface area contributed by atoms with Crippen molar-refractivity contribution in [3.8, 4) is 11.5 Å². The lowest BCUT2D eigenvalue weighted by Gasteiger charge is -2.31. The Kier molecular flexibility index (Phi) is 9.31. The summed E-state index contributed by atoms with van der Waals surface area (Å²) in [6.07, 6.45) is -3.61. The molecule has 244 valence electrons. The van der Waals surface area contributed by atoms with E-state index in [1.165, 1.54) is 17.2 Å². The summed E-state index contributed by atoms with van der Waals surface area (Å²) in [4.78, 5) is 29.9. The zero-order valence-corrected chi connectivity index (χ0v) is 26.3. The van der Waals surface area contributed by atoms with E-state index in [9.17, 15) is 15.0 Å². The fourth-order valence-electron chi connectivity index (χ4n) is 5.54. The lowest BCUT2D eigenvalue weighted by molar-refractivity contribution is -0.124. The minimum Gasteiger partial charge on any atom is -0.497 e. The molecular weight excluding hydrogens is 604 g/mol. The number of methoxy groups -OCH3 is 2. The first kappa shape index (κ1) is 31.9. The molecule has 0 saturated carbocycles. The predicted octanol–water partition coefficient (Wildman–Crippen LogP) is 3.52. The van der Waals surface area contributed by atoms with E-state index in [0.717, 1.165) is 16.7 Å². The highest BCUT2D eigenvalue weighted by molar-refractivity contribution is 5.71. The summed E-state index contributed by atoms with van der Waals surface area (Å²) in [6, 6.07) is 24.4. The van der Waals surface area contributed by atoms with Crippen molar-refractivity contribution in [3.05, 3.63) is 112 Å². The van der Waals surface area contributed by atoms with Crippen molar-refractivity contribution in [2.45, 2.75) is 36.7 Å². The zero-order chi connectivity index (χ0) is 33.1. The van der Waals surface area contributed by atoms with Gasteiger partial charge in [0, 0.05) is 14.1 Å². The minimum absolute atomic E-state index is 0.0393. The summed E-state index contributed by atoms with van der Waals surface area (Å²) in [6.45, 7) is 0. The normalized spacial score (nSPS) is 20.2. The standard InChI is InChI=1S/C34H36N6O7/c1-39(2)18-36-34-37-31-25(32(43)38-34)35-19-40(31)33-27(42)26(41)30(47-33)29(20-8-6-5-7-9-20)46-28(21-10-14-23(44-3)15-11-21)22-12-16-24(45-4)17-13-22/h5-19,26-30,33,41-42H,1-4H3,(H,37,38,43). The monoisotopic (exact) mass is 640 g/mol. The zero-order valence-electron chi connectivity index (χ0n) is 26.3. The molecule has 0 amide bonds. The number of ether oxygens (including phenoxy) is 4. The van der Waals surface area contributed by atoms with Crippen molar-refractivity contribution >= 4 is 23.5 Å². The number of aromatic nitrogens is 4. The largest absolute Gasteiger partial charge is 0.497 e. The number of aliphatic hydroxyl groups is 2. The maximum Gasteiger partial charge on any atom is 0.280 e. The number of aromatic amines is 1. The smallest absolute Gasteiger partial charge is 0.280 e.